The van der Waals surface area contributed by atoms with Gasteiger partial charge in [-0.15, -0.1) is 12.4 Å². The van der Waals surface area contributed by atoms with Gasteiger partial charge in [-0.1, -0.05) is 6.42 Å². The van der Waals surface area contributed by atoms with E-state index in [-0.39, 0.29) is 12.4 Å². The molecule has 1 aliphatic heterocycles. The Hall–Kier alpha value is -1.13. The summed E-state index contributed by atoms with van der Waals surface area (Å²) in [5.74, 6) is 2.40. The van der Waals surface area contributed by atoms with Crippen molar-refractivity contribution in [3.05, 3.63) is 17.7 Å². The molecule has 1 atom stereocenters. The van der Waals surface area contributed by atoms with Crippen molar-refractivity contribution in [2.75, 3.05) is 27.9 Å². The molecule has 0 amide bonds. The maximum Gasteiger partial charge on any atom is 0.131 e. The third-order valence-corrected chi connectivity index (χ3v) is 3.41. The van der Waals surface area contributed by atoms with Gasteiger partial charge in [0.15, 0.2) is 0 Å². The second-order valence-electron chi connectivity index (χ2n) is 4.45. The molecular formula is C14H22ClNO3. The van der Waals surface area contributed by atoms with Crippen molar-refractivity contribution in [2.45, 2.75) is 25.3 Å². The molecular weight excluding hydrogens is 266 g/mol. The Kier molecular flexibility index (Phi) is 6.25. The molecule has 1 N–H and O–H groups in total. The predicted molar refractivity (Wildman–Crippen MR) is 77.9 cm³/mol. The Morgan fingerprint density at radius 2 is 1.63 bits per heavy atom. The van der Waals surface area contributed by atoms with Crippen molar-refractivity contribution < 1.29 is 14.2 Å². The molecule has 4 nitrogen and oxygen atoms in total. The molecule has 0 aliphatic carbocycles. The molecule has 0 radical (unpaired) electrons. The minimum atomic E-state index is 0. The minimum absolute atomic E-state index is 0. The molecule has 1 aromatic rings. The number of benzene rings is 1. The van der Waals surface area contributed by atoms with Crippen LogP contribution in [0.3, 0.4) is 0 Å². The first-order chi connectivity index (χ1) is 8.80. The molecule has 19 heavy (non-hydrogen) atoms. The monoisotopic (exact) mass is 287 g/mol. The van der Waals surface area contributed by atoms with Gasteiger partial charge in [0.05, 0.1) is 26.9 Å². The van der Waals surface area contributed by atoms with Crippen molar-refractivity contribution in [1.29, 1.82) is 0 Å². The molecule has 0 unspecified atom stereocenters. The zero-order valence-corrected chi connectivity index (χ0v) is 12.5. The fraction of sp³-hybridized carbons (Fsp3) is 0.571. The quantitative estimate of drug-likeness (QED) is 0.924. The maximum atomic E-state index is 5.48. The Bertz CT molecular complexity index is 381. The molecule has 0 aromatic heterocycles. The molecule has 1 heterocycles. The van der Waals surface area contributed by atoms with E-state index in [1.165, 1.54) is 12.8 Å². The molecule has 1 fully saturated rings. The Morgan fingerprint density at radius 1 is 1.00 bits per heavy atom. The summed E-state index contributed by atoms with van der Waals surface area (Å²) in [5, 5.41) is 3.52. The first-order valence-electron chi connectivity index (χ1n) is 6.33. The fourth-order valence-electron chi connectivity index (χ4n) is 2.47. The van der Waals surface area contributed by atoms with Crippen molar-refractivity contribution in [1.82, 2.24) is 5.32 Å². The average Bonchev–Trinajstić information content (AvgIpc) is 2.46. The van der Waals surface area contributed by atoms with Crippen LogP contribution in [-0.2, 0) is 0 Å². The molecule has 5 heteroatoms. The smallest absolute Gasteiger partial charge is 0.131 e. The molecule has 2 rings (SSSR count). The van der Waals surface area contributed by atoms with Gasteiger partial charge < -0.3 is 19.5 Å². The van der Waals surface area contributed by atoms with E-state index >= 15 is 0 Å². The predicted octanol–water partition coefficient (Wildman–Crippen LogP) is 2.95. The van der Waals surface area contributed by atoms with Crippen LogP contribution in [0.2, 0.25) is 0 Å². The van der Waals surface area contributed by atoms with Crippen molar-refractivity contribution in [3.63, 3.8) is 0 Å². The number of piperidine rings is 1. The van der Waals surface area contributed by atoms with Crippen LogP contribution in [0.15, 0.2) is 12.1 Å². The van der Waals surface area contributed by atoms with E-state index in [0.29, 0.717) is 6.04 Å². The van der Waals surface area contributed by atoms with E-state index in [4.69, 9.17) is 14.2 Å². The van der Waals surface area contributed by atoms with Gasteiger partial charge in [0.1, 0.15) is 17.2 Å². The van der Waals surface area contributed by atoms with Crippen LogP contribution in [-0.4, -0.2) is 27.9 Å². The summed E-state index contributed by atoms with van der Waals surface area (Å²) in [7, 11) is 5.01. The number of ether oxygens (including phenoxy) is 3. The van der Waals surface area contributed by atoms with Gasteiger partial charge in [-0.3, -0.25) is 0 Å². The van der Waals surface area contributed by atoms with Gasteiger partial charge in [-0.2, -0.15) is 0 Å². The van der Waals surface area contributed by atoms with Gasteiger partial charge in [-0.25, -0.2) is 0 Å². The van der Waals surface area contributed by atoms with Crippen LogP contribution in [0.4, 0.5) is 0 Å². The average molecular weight is 288 g/mol. The summed E-state index contributed by atoms with van der Waals surface area (Å²) in [4.78, 5) is 0. The van der Waals surface area contributed by atoms with Gasteiger partial charge in [-0.05, 0) is 19.4 Å². The minimum Gasteiger partial charge on any atom is -0.496 e. The SMILES string of the molecule is COc1cc(OC)c([C@H]2CCCCN2)c(OC)c1.Cl. The topological polar surface area (TPSA) is 39.7 Å². The largest absolute Gasteiger partial charge is 0.496 e. The maximum absolute atomic E-state index is 5.48. The lowest BCUT2D eigenvalue weighted by Gasteiger charge is -2.27. The highest BCUT2D eigenvalue weighted by Gasteiger charge is 2.23. The third-order valence-electron chi connectivity index (χ3n) is 3.41. The van der Waals surface area contributed by atoms with E-state index in [1.54, 1.807) is 21.3 Å². The number of methoxy groups -OCH3 is 3. The van der Waals surface area contributed by atoms with Gasteiger partial charge in [0, 0.05) is 18.2 Å². The van der Waals surface area contributed by atoms with Gasteiger partial charge in [0.25, 0.3) is 0 Å². The van der Waals surface area contributed by atoms with Gasteiger partial charge >= 0.3 is 0 Å². The first-order valence-corrected chi connectivity index (χ1v) is 6.33. The van der Waals surface area contributed by atoms with E-state index in [9.17, 15) is 0 Å². The van der Waals surface area contributed by atoms with E-state index in [1.807, 2.05) is 12.1 Å². The highest BCUT2D eigenvalue weighted by Crippen LogP contribution is 2.40. The lowest BCUT2D eigenvalue weighted by Crippen LogP contribution is -2.27. The second kappa shape index (κ2) is 7.46. The van der Waals surface area contributed by atoms with E-state index < -0.39 is 0 Å². The molecule has 0 spiro atoms. The number of hydrogen-bond acceptors (Lipinski definition) is 4. The van der Waals surface area contributed by atoms with Crippen molar-refractivity contribution in [3.8, 4) is 17.2 Å². The van der Waals surface area contributed by atoms with E-state index in [2.05, 4.69) is 5.32 Å². The molecule has 0 saturated carbocycles. The van der Waals surface area contributed by atoms with Crippen LogP contribution in [0.25, 0.3) is 0 Å². The Labute approximate surface area is 120 Å². The Morgan fingerprint density at radius 3 is 2.05 bits per heavy atom. The fourth-order valence-corrected chi connectivity index (χ4v) is 2.47. The summed E-state index contributed by atoms with van der Waals surface area (Å²) < 4.78 is 16.2. The molecule has 1 aliphatic rings. The van der Waals surface area contributed by atoms with E-state index in [0.717, 1.165) is 35.8 Å². The van der Waals surface area contributed by atoms with Crippen LogP contribution in [0, 0.1) is 0 Å². The van der Waals surface area contributed by atoms with Crippen molar-refractivity contribution in [2.24, 2.45) is 0 Å². The van der Waals surface area contributed by atoms with Gasteiger partial charge in [0.2, 0.25) is 0 Å². The Balaban J connectivity index is 0.00000180. The number of halogens is 1. The van der Waals surface area contributed by atoms with Crippen molar-refractivity contribution >= 4 is 12.4 Å². The normalized spacial score (nSPS) is 18.4. The van der Waals surface area contributed by atoms with Crippen LogP contribution in [0.5, 0.6) is 17.2 Å². The molecule has 108 valence electrons. The highest BCUT2D eigenvalue weighted by atomic mass is 35.5. The lowest BCUT2D eigenvalue weighted by atomic mass is 9.95. The summed E-state index contributed by atoms with van der Waals surface area (Å²) >= 11 is 0. The number of hydrogen-bond donors (Lipinski definition) is 1. The molecule has 1 aromatic carbocycles. The zero-order valence-electron chi connectivity index (χ0n) is 11.7. The third kappa shape index (κ3) is 3.45. The highest BCUT2D eigenvalue weighted by molar-refractivity contribution is 5.85. The number of rotatable bonds is 4. The van der Waals surface area contributed by atoms with Crippen LogP contribution >= 0.6 is 12.4 Å². The number of nitrogens with one attached hydrogen (secondary N) is 1. The van der Waals surface area contributed by atoms with Crippen LogP contribution in [0.1, 0.15) is 30.9 Å². The summed E-state index contributed by atoms with van der Waals surface area (Å²) in [6.07, 6.45) is 3.58. The molecule has 0 bridgehead atoms. The summed E-state index contributed by atoms with van der Waals surface area (Å²) in [5.41, 5.74) is 1.10. The summed E-state index contributed by atoms with van der Waals surface area (Å²) in [6, 6.07) is 4.12. The first kappa shape index (κ1) is 15.9. The van der Waals surface area contributed by atoms with Crippen LogP contribution < -0.4 is 19.5 Å². The molecule has 1 saturated heterocycles. The lowest BCUT2D eigenvalue weighted by molar-refractivity contribution is 0.340. The second-order valence-corrected chi connectivity index (χ2v) is 4.45. The summed E-state index contributed by atoms with van der Waals surface area (Å²) in [6.45, 7) is 1.04. The standard InChI is InChI=1S/C14H21NO3.ClH/c1-16-10-8-12(17-2)14(13(9-10)18-3)11-6-4-5-7-15-11;/h8-9,11,15H,4-7H2,1-3H3;1H/t11-;/m1./s1. The zero-order chi connectivity index (χ0) is 13.0.